The molecule has 4 nitrogen and oxygen atoms in total. The van der Waals surface area contributed by atoms with E-state index in [0.717, 1.165) is 32.1 Å². The lowest BCUT2D eigenvalue weighted by atomic mass is 10.1. The summed E-state index contributed by atoms with van der Waals surface area (Å²) >= 11 is 0. The van der Waals surface area contributed by atoms with Gasteiger partial charge >= 0.3 is 5.97 Å². The molecule has 26 heavy (non-hydrogen) atoms. The molecule has 0 radical (unpaired) electrons. The van der Waals surface area contributed by atoms with Crippen molar-refractivity contribution in [3.05, 3.63) is 60.8 Å². The van der Waals surface area contributed by atoms with Crippen LogP contribution in [-0.2, 0) is 4.79 Å². The number of carboxylic acid groups (broad SMARTS) is 1. The van der Waals surface area contributed by atoms with Crippen LogP contribution in [0.15, 0.2) is 60.8 Å². The molecular weight excluding hydrogens is 328 g/mol. The third-order valence-corrected chi connectivity index (χ3v) is 3.59. The average Bonchev–Trinajstić information content (AvgIpc) is 2.60. The molecule has 0 aromatic rings. The minimum Gasteiger partial charge on any atom is -0.481 e. The molecule has 0 saturated carbocycles. The van der Waals surface area contributed by atoms with Gasteiger partial charge in [0.1, 0.15) is 0 Å². The lowest BCUT2D eigenvalue weighted by molar-refractivity contribution is -0.137. The van der Waals surface area contributed by atoms with Gasteiger partial charge in [0, 0.05) is 6.42 Å². The summed E-state index contributed by atoms with van der Waals surface area (Å²) in [5.74, 6) is -0.736. The zero-order valence-corrected chi connectivity index (χ0v) is 15.8. The third-order valence-electron chi connectivity index (χ3n) is 3.59. The fraction of sp³-hybridized carbons (Fsp3) is 0.500. The van der Waals surface area contributed by atoms with E-state index in [1.807, 2.05) is 36.5 Å². The number of carbonyl (C=O) groups is 1. The number of aliphatic hydroxyl groups excluding tert-OH is 2. The molecule has 3 N–H and O–H groups in total. The van der Waals surface area contributed by atoms with Gasteiger partial charge in [-0.15, -0.1) is 0 Å². The summed E-state index contributed by atoms with van der Waals surface area (Å²) < 4.78 is 0. The Hall–Kier alpha value is -1.91. The largest absolute Gasteiger partial charge is 0.481 e. The van der Waals surface area contributed by atoms with E-state index in [-0.39, 0.29) is 6.42 Å². The van der Waals surface area contributed by atoms with Gasteiger partial charge in [0.2, 0.25) is 0 Å². The van der Waals surface area contributed by atoms with Crippen molar-refractivity contribution in [3.8, 4) is 0 Å². The molecule has 0 spiro atoms. The average molecular weight is 363 g/mol. The predicted molar refractivity (Wildman–Crippen MR) is 108 cm³/mol. The Bertz CT molecular complexity index is 486. The Morgan fingerprint density at radius 2 is 1.38 bits per heavy atom. The first-order chi connectivity index (χ1) is 12.6. The van der Waals surface area contributed by atoms with Crippen molar-refractivity contribution in [1.82, 2.24) is 0 Å². The monoisotopic (exact) mass is 362 g/mol. The van der Waals surface area contributed by atoms with Crippen LogP contribution in [0.2, 0.25) is 0 Å². The van der Waals surface area contributed by atoms with Gasteiger partial charge < -0.3 is 15.3 Å². The second-order valence-electron chi connectivity index (χ2n) is 6.10. The molecule has 146 valence electrons. The number of hydrogen-bond donors (Lipinski definition) is 3. The number of unbranched alkanes of at least 4 members (excludes halogenated alkanes) is 3. The van der Waals surface area contributed by atoms with Crippen molar-refractivity contribution < 1.29 is 20.1 Å². The molecule has 0 aromatic heterocycles. The molecule has 0 aromatic carbocycles. The van der Waals surface area contributed by atoms with E-state index < -0.39 is 18.2 Å². The van der Waals surface area contributed by atoms with Crippen LogP contribution in [0, 0.1) is 0 Å². The third kappa shape index (κ3) is 18.4. The van der Waals surface area contributed by atoms with Crippen LogP contribution >= 0.6 is 0 Å². The van der Waals surface area contributed by atoms with Gasteiger partial charge in [-0.25, -0.2) is 0 Å². The molecular formula is C22H34O4. The molecule has 4 heteroatoms. The molecule has 0 fully saturated rings. The minimum absolute atomic E-state index is 0.241. The number of aliphatic carboxylic acids is 1. The standard InChI is InChI=1S/C22H34O4/c1-2-3-10-15-20(23)17-12-8-9-13-18-21(24)16-11-6-4-5-7-14-19-22(25)26/h3,6,8-13,17-18,20-21,23-24H,2,4-5,7,14-16,19H2,1H3,(H,25,26). The minimum atomic E-state index is -0.736. The molecule has 0 amide bonds. The van der Waals surface area contributed by atoms with Gasteiger partial charge in [0.15, 0.2) is 0 Å². The summed E-state index contributed by atoms with van der Waals surface area (Å²) in [5.41, 5.74) is 0. The highest BCUT2D eigenvalue weighted by atomic mass is 16.4. The van der Waals surface area contributed by atoms with Gasteiger partial charge in [-0.2, -0.15) is 0 Å². The second kappa shape index (κ2) is 17.9. The van der Waals surface area contributed by atoms with Crippen LogP contribution in [0.5, 0.6) is 0 Å². The quantitative estimate of drug-likeness (QED) is 0.224. The maximum Gasteiger partial charge on any atom is 0.303 e. The van der Waals surface area contributed by atoms with Crippen molar-refractivity contribution in [1.29, 1.82) is 0 Å². The van der Waals surface area contributed by atoms with E-state index in [1.54, 1.807) is 24.3 Å². The molecule has 0 rings (SSSR count). The molecule has 0 aliphatic carbocycles. The van der Waals surface area contributed by atoms with Crippen molar-refractivity contribution in [2.24, 2.45) is 0 Å². The Labute approximate surface area is 157 Å². The van der Waals surface area contributed by atoms with Crippen molar-refractivity contribution in [2.45, 2.75) is 70.5 Å². The van der Waals surface area contributed by atoms with E-state index >= 15 is 0 Å². The number of rotatable bonds is 15. The highest BCUT2D eigenvalue weighted by Gasteiger charge is 1.96. The number of hydrogen-bond acceptors (Lipinski definition) is 3. The van der Waals surface area contributed by atoms with E-state index in [0.29, 0.717) is 12.8 Å². The first kappa shape index (κ1) is 24.1. The lowest BCUT2D eigenvalue weighted by Gasteiger charge is -2.00. The highest BCUT2D eigenvalue weighted by molar-refractivity contribution is 5.66. The van der Waals surface area contributed by atoms with Crippen LogP contribution < -0.4 is 0 Å². The Balaban J connectivity index is 3.78. The maximum absolute atomic E-state index is 10.4. The van der Waals surface area contributed by atoms with Gasteiger partial charge in [-0.05, 0) is 38.5 Å². The first-order valence-electron chi connectivity index (χ1n) is 9.45. The molecule has 0 aliphatic rings. The van der Waals surface area contributed by atoms with E-state index in [2.05, 4.69) is 6.92 Å². The normalized spacial score (nSPS) is 15.2. The smallest absolute Gasteiger partial charge is 0.303 e. The fourth-order valence-corrected chi connectivity index (χ4v) is 2.14. The van der Waals surface area contributed by atoms with E-state index in [9.17, 15) is 15.0 Å². The molecule has 2 unspecified atom stereocenters. The number of carboxylic acids is 1. The Morgan fingerprint density at radius 1 is 0.808 bits per heavy atom. The molecule has 2 atom stereocenters. The van der Waals surface area contributed by atoms with Crippen molar-refractivity contribution in [2.75, 3.05) is 0 Å². The summed E-state index contributed by atoms with van der Waals surface area (Å²) in [5, 5.41) is 28.0. The Morgan fingerprint density at radius 3 is 1.92 bits per heavy atom. The van der Waals surface area contributed by atoms with Gasteiger partial charge in [0.25, 0.3) is 0 Å². The van der Waals surface area contributed by atoms with Crippen molar-refractivity contribution in [3.63, 3.8) is 0 Å². The van der Waals surface area contributed by atoms with E-state index in [4.69, 9.17) is 5.11 Å². The summed E-state index contributed by atoms with van der Waals surface area (Å²) in [4.78, 5) is 10.4. The number of allylic oxidation sites excluding steroid dienone is 6. The zero-order valence-electron chi connectivity index (χ0n) is 15.8. The van der Waals surface area contributed by atoms with Crippen LogP contribution in [0.1, 0.15) is 58.3 Å². The highest BCUT2D eigenvalue weighted by Crippen LogP contribution is 2.05. The lowest BCUT2D eigenvalue weighted by Crippen LogP contribution is -1.99. The van der Waals surface area contributed by atoms with Crippen LogP contribution in [0.4, 0.5) is 0 Å². The molecule has 0 aliphatic heterocycles. The summed E-state index contributed by atoms with van der Waals surface area (Å²) in [6.45, 7) is 2.06. The van der Waals surface area contributed by atoms with Crippen LogP contribution in [0.25, 0.3) is 0 Å². The summed E-state index contributed by atoms with van der Waals surface area (Å²) in [6, 6.07) is 0. The van der Waals surface area contributed by atoms with Gasteiger partial charge in [-0.3, -0.25) is 4.79 Å². The van der Waals surface area contributed by atoms with Gasteiger partial charge in [0.05, 0.1) is 12.2 Å². The predicted octanol–water partition coefficient (Wildman–Crippen LogP) is 4.71. The summed E-state index contributed by atoms with van der Waals surface area (Å²) in [7, 11) is 0. The van der Waals surface area contributed by atoms with Crippen LogP contribution in [0.3, 0.4) is 0 Å². The van der Waals surface area contributed by atoms with Crippen molar-refractivity contribution >= 4 is 5.97 Å². The molecule has 0 bridgehead atoms. The molecule has 0 heterocycles. The first-order valence-corrected chi connectivity index (χ1v) is 9.45. The molecule has 0 saturated heterocycles. The topological polar surface area (TPSA) is 77.8 Å². The summed E-state index contributed by atoms with van der Waals surface area (Å²) in [6.07, 6.45) is 23.6. The SMILES string of the molecule is CCC=CCC(O)C=CC=CC=CC(O)CC=CCCCCCC(=O)O. The second-order valence-corrected chi connectivity index (χ2v) is 6.10. The fourth-order valence-electron chi connectivity index (χ4n) is 2.14. The number of aliphatic hydroxyl groups is 2. The Kier molecular flexibility index (Phi) is 16.6. The maximum atomic E-state index is 10.4. The van der Waals surface area contributed by atoms with E-state index in [1.165, 1.54) is 0 Å². The van der Waals surface area contributed by atoms with Crippen LogP contribution in [-0.4, -0.2) is 33.5 Å². The zero-order chi connectivity index (χ0) is 19.5. The van der Waals surface area contributed by atoms with Gasteiger partial charge in [-0.1, -0.05) is 74.1 Å².